The van der Waals surface area contributed by atoms with Crippen LogP contribution in [-0.2, 0) is 9.53 Å². The predicted molar refractivity (Wildman–Crippen MR) is 120 cm³/mol. The molecule has 2 aliphatic heterocycles. The van der Waals surface area contributed by atoms with Crippen LogP contribution in [0.5, 0.6) is 0 Å². The number of rotatable bonds is 6. The fraction of sp³-hybridized carbons (Fsp3) is 0.458. The molecule has 2 atom stereocenters. The maximum absolute atomic E-state index is 12.4. The van der Waals surface area contributed by atoms with Crippen molar-refractivity contribution in [2.45, 2.75) is 38.8 Å². The SMILES string of the molecule is CC.O=C1COCCN1C1=CCCC(NCC(O)CN2C(=O)c3ccccc3C2=O)C=C1. The van der Waals surface area contributed by atoms with Gasteiger partial charge in [0.25, 0.3) is 17.7 Å². The predicted octanol–water partition coefficient (Wildman–Crippen LogP) is 1.72. The molecule has 0 spiro atoms. The fourth-order valence-electron chi connectivity index (χ4n) is 3.92. The molecule has 8 heteroatoms. The van der Waals surface area contributed by atoms with E-state index in [0.29, 0.717) is 24.3 Å². The second-order valence-electron chi connectivity index (χ2n) is 7.60. The number of amides is 3. The third-order valence-corrected chi connectivity index (χ3v) is 5.52. The van der Waals surface area contributed by atoms with Gasteiger partial charge in [-0.15, -0.1) is 0 Å². The number of fused-ring (bicyclic) bond motifs is 1. The van der Waals surface area contributed by atoms with Crippen LogP contribution in [0.15, 0.2) is 48.2 Å². The Morgan fingerprint density at radius 1 is 1.16 bits per heavy atom. The third-order valence-electron chi connectivity index (χ3n) is 5.52. The minimum absolute atomic E-state index is 0.0201. The van der Waals surface area contributed by atoms with Crippen molar-refractivity contribution < 1.29 is 24.2 Å². The van der Waals surface area contributed by atoms with E-state index in [9.17, 15) is 19.5 Å². The molecule has 0 radical (unpaired) electrons. The van der Waals surface area contributed by atoms with E-state index in [4.69, 9.17) is 4.74 Å². The Bertz CT molecular complexity index is 876. The van der Waals surface area contributed by atoms with E-state index < -0.39 is 6.10 Å². The van der Waals surface area contributed by atoms with Gasteiger partial charge < -0.3 is 20.1 Å². The Hall–Kier alpha value is -2.81. The Labute approximate surface area is 188 Å². The molecule has 0 aromatic heterocycles. The molecule has 1 aromatic rings. The number of ether oxygens (including phenoxy) is 1. The van der Waals surface area contributed by atoms with Gasteiger partial charge in [0.2, 0.25) is 0 Å². The summed E-state index contributed by atoms with van der Waals surface area (Å²) in [6, 6.07) is 6.71. The van der Waals surface area contributed by atoms with E-state index in [0.717, 1.165) is 23.4 Å². The molecule has 172 valence electrons. The molecule has 1 saturated heterocycles. The summed E-state index contributed by atoms with van der Waals surface area (Å²) < 4.78 is 5.18. The molecule has 2 N–H and O–H groups in total. The van der Waals surface area contributed by atoms with Crippen molar-refractivity contribution in [1.82, 2.24) is 15.1 Å². The number of allylic oxidation sites excluding steroid dienone is 2. The molecule has 3 amide bonds. The lowest BCUT2D eigenvalue weighted by atomic mass is 10.1. The summed E-state index contributed by atoms with van der Waals surface area (Å²) in [6.45, 7) is 5.38. The molecular formula is C24H31N3O5. The Kier molecular flexibility index (Phi) is 8.33. The molecule has 0 bridgehead atoms. The molecule has 32 heavy (non-hydrogen) atoms. The first-order valence-electron chi connectivity index (χ1n) is 11.2. The van der Waals surface area contributed by atoms with Gasteiger partial charge in [0.05, 0.1) is 30.4 Å². The van der Waals surface area contributed by atoms with Crippen LogP contribution in [0.1, 0.15) is 47.4 Å². The first kappa shape index (κ1) is 23.8. The van der Waals surface area contributed by atoms with Crippen molar-refractivity contribution in [3.63, 3.8) is 0 Å². The third kappa shape index (κ3) is 5.32. The van der Waals surface area contributed by atoms with Crippen molar-refractivity contribution in [2.24, 2.45) is 0 Å². The number of carbonyl (C=O) groups is 3. The lowest BCUT2D eigenvalue weighted by molar-refractivity contribution is -0.139. The van der Waals surface area contributed by atoms with Crippen LogP contribution in [0, 0.1) is 0 Å². The van der Waals surface area contributed by atoms with Crippen molar-refractivity contribution >= 4 is 17.7 Å². The zero-order valence-corrected chi connectivity index (χ0v) is 18.6. The Balaban J connectivity index is 0.00000141. The van der Waals surface area contributed by atoms with Crippen molar-refractivity contribution in [1.29, 1.82) is 0 Å². The summed E-state index contributed by atoms with van der Waals surface area (Å²) in [5.74, 6) is -0.777. The van der Waals surface area contributed by atoms with E-state index in [2.05, 4.69) is 5.32 Å². The summed E-state index contributed by atoms with van der Waals surface area (Å²) in [6.07, 6.45) is 6.67. The fourth-order valence-corrected chi connectivity index (χ4v) is 3.92. The second kappa shape index (κ2) is 11.2. The molecule has 1 fully saturated rings. The van der Waals surface area contributed by atoms with E-state index in [1.807, 2.05) is 32.1 Å². The van der Waals surface area contributed by atoms with Gasteiger partial charge in [0.1, 0.15) is 6.61 Å². The number of nitrogens with zero attached hydrogens (tertiary/aromatic N) is 2. The lowest BCUT2D eigenvalue weighted by Crippen LogP contribution is -2.43. The first-order valence-corrected chi connectivity index (χ1v) is 11.2. The number of aliphatic hydroxyl groups excluding tert-OH is 1. The normalized spacial score (nSPS) is 21.5. The van der Waals surface area contributed by atoms with Gasteiger partial charge in [-0.2, -0.15) is 0 Å². The van der Waals surface area contributed by atoms with Crippen LogP contribution in [0.4, 0.5) is 0 Å². The van der Waals surface area contributed by atoms with Crippen LogP contribution < -0.4 is 5.32 Å². The average molecular weight is 442 g/mol. The first-order chi connectivity index (χ1) is 15.5. The summed E-state index contributed by atoms with van der Waals surface area (Å²) in [4.78, 5) is 39.7. The molecule has 4 rings (SSSR count). The zero-order chi connectivity index (χ0) is 23.1. The second-order valence-corrected chi connectivity index (χ2v) is 7.60. The standard InChI is InChI=1S/C22H25N3O5.C2H6/c26-17(13-25-21(28)18-6-1-2-7-19(18)22(25)29)12-23-15-4-3-5-16(9-8-15)24-10-11-30-14-20(24)27;1-2/h1-2,5-9,15,17,23,26H,3-4,10-14H2;1-2H3. The molecule has 2 unspecified atom stereocenters. The molecule has 1 aromatic carbocycles. The molecule has 3 aliphatic rings. The molecule has 1 aliphatic carbocycles. The highest BCUT2D eigenvalue weighted by atomic mass is 16.5. The van der Waals surface area contributed by atoms with Gasteiger partial charge in [0.15, 0.2) is 0 Å². The number of benzene rings is 1. The topological polar surface area (TPSA) is 99.2 Å². The maximum atomic E-state index is 12.4. The smallest absolute Gasteiger partial charge is 0.261 e. The van der Waals surface area contributed by atoms with E-state index >= 15 is 0 Å². The largest absolute Gasteiger partial charge is 0.390 e. The van der Waals surface area contributed by atoms with Crippen LogP contribution in [0.2, 0.25) is 0 Å². The summed E-state index contributed by atoms with van der Waals surface area (Å²) in [5, 5.41) is 13.7. The van der Waals surface area contributed by atoms with Gasteiger partial charge in [-0.3, -0.25) is 19.3 Å². The van der Waals surface area contributed by atoms with Gasteiger partial charge in [-0.05, 0) is 31.1 Å². The quantitative estimate of drug-likeness (QED) is 0.653. The number of carbonyl (C=O) groups excluding carboxylic acids is 3. The maximum Gasteiger partial charge on any atom is 0.261 e. The van der Waals surface area contributed by atoms with Gasteiger partial charge in [-0.25, -0.2) is 0 Å². The number of hydrogen-bond acceptors (Lipinski definition) is 6. The van der Waals surface area contributed by atoms with Crippen molar-refractivity contribution in [3.8, 4) is 0 Å². The van der Waals surface area contributed by atoms with Crippen LogP contribution >= 0.6 is 0 Å². The highest BCUT2D eigenvalue weighted by molar-refractivity contribution is 6.21. The number of hydrogen-bond donors (Lipinski definition) is 2. The van der Waals surface area contributed by atoms with Crippen LogP contribution in [-0.4, -0.2) is 77.6 Å². The minimum atomic E-state index is -0.878. The molecule has 8 nitrogen and oxygen atoms in total. The van der Waals surface area contributed by atoms with E-state index in [1.54, 1.807) is 29.2 Å². The molecule has 2 heterocycles. The summed E-state index contributed by atoms with van der Waals surface area (Å²) in [5.41, 5.74) is 1.63. The Morgan fingerprint density at radius 3 is 2.50 bits per heavy atom. The lowest BCUT2D eigenvalue weighted by Gasteiger charge is -2.27. The highest BCUT2D eigenvalue weighted by Crippen LogP contribution is 2.22. The summed E-state index contributed by atoms with van der Waals surface area (Å²) >= 11 is 0. The van der Waals surface area contributed by atoms with Crippen molar-refractivity contribution in [3.05, 3.63) is 59.3 Å². The number of morpholine rings is 1. The van der Waals surface area contributed by atoms with Crippen LogP contribution in [0.3, 0.4) is 0 Å². The van der Waals surface area contributed by atoms with E-state index in [-0.39, 0.29) is 43.5 Å². The van der Waals surface area contributed by atoms with Crippen LogP contribution in [0.25, 0.3) is 0 Å². The number of β-amino-alcohol motifs (C(OH)–C–C–N with tert-alkyl or cyclic N) is 1. The number of aliphatic hydroxyl groups is 1. The van der Waals surface area contributed by atoms with E-state index in [1.165, 1.54) is 0 Å². The zero-order valence-electron chi connectivity index (χ0n) is 18.6. The van der Waals surface area contributed by atoms with Gasteiger partial charge in [0, 0.05) is 24.8 Å². The Morgan fingerprint density at radius 2 is 1.84 bits per heavy atom. The van der Waals surface area contributed by atoms with Gasteiger partial charge in [-0.1, -0.05) is 38.1 Å². The molecule has 0 saturated carbocycles. The number of imide groups is 1. The average Bonchev–Trinajstić information content (AvgIpc) is 2.97. The van der Waals surface area contributed by atoms with Gasteiger partial charge >= 0.3 is 0 Å². The monoisotopic (exact) mass is 441 g/mol. The minimum Gasteiger partial charge on any atom is -0.390 e. The van der Waals surface area contributed by atoms with Crippen molar-refractivity contribution in [2.75, 3.05) is 32.8 Å². The summed E-state index contributed by atoms with van der Waals surface area (Å²) in [7, 11) is 0. The number of nitrogens with one attached hydrogen (secondary N) is 1. The highest BCUT2D eigenvalue weighted by Gasteiger charge is 2.36. The molecular weight excluding hydrogens is 410 g/mol.